The largest absolute Gasteiger partial charge is 0.491 e. The molecule has 1 aliphatic heterocycles. The molecule has 0 fully saturated rings. The van der Waals surface area contributed by atoms with Gasteiger partial charge in [0, 0.05) is 18.1 Å². The molecule has 5 heteroatoms. The minimum atomic E-state index is -0.354. The number of nitro groups is 1. The molecule has 27 heavy (non-hydrogen) atoms. The van der Waals surface area contributed by atoms with Crippen LogP contribution < -0.4 is 10.1 Å². The van der Waals surface area contributed by atoms with Crippen molar-refractivity contribution in [2.45, 2.75) is 38.1 Å². The highest BCUT2D eigenvalue weighted by atomic mass is 16.6. The van der Waals surface area contributed by atoms with Gasteiger partial charge in [-0.05, 0) is 36.0 Å². The van der Waals surface area contributed by atoms with Gasteiger partial charge in [-0.3, -0.25) is 10.1 Å². The Morgan fingerprint density at radius 2 is 2.04 bits per heavy atom. The highest BCUT2D eigenvalue weighted by Gasteiger charge is 2.39. The molecule has 3 atom stereocenters. The lowest BCUT2D eigenvalue weighted by Gasteiger charge is -2.38. The maximum atomic E-state index is 11.0. The molecule has 2 aliphatic rings. The fraction of sp³-hybridized carbons (Fsp3) is 0.364. The van der Waals surface area contributed by atoms with E-state index in [0.717, 1.165) is 36.3 Å². The van der Waals surface area contributed by atoms with Gasteiger partial charge < -0.3 is 10.1 Å². The minimum Gasteiger partial charge on any atom is -0.491 e. The number of benzene rings is 2. The Kier molecular flexibility index (Phi) is 4.84. The molecule has 2 aromatic rings. The van der Waals surface area contributed by atoms with E-state index in [1.165, 1.54) is 5.56 Å². The van der Waals surface area contributed by atoms with Gasteiger partial charge >= 0.3 is 0 Å². The number of nitrogens with zero attached hydrogens (tertiary/aromatic N) is 1. The number of nitrogens with one attached hydrogen (secondary N) is 1. The normalized spacial score (nSPS) is 22.6. The van der Waals surface area contributed by atoms with Crippen molar-refractivity contribution in [1.82, 2.24) is 0 Å². The predicted molar refractivity (Wildman–Crippen MR) is 106 cm³/mol. The van der Waals surface area contributed by atoms with E-state index in [9.17, 15) is 10.1 Å². The van der Waals surface area contributed by atoms with Gasteiger partial charge in [-0.2, -0.15) is 0 Å². The molecule has 1 aliphatic carbocycles. The van der Waals surface area contributed by atoms with Crippen LogP contribution in [0.4, 0.5) is 11.4 Å². The summed E-state index contributed by atoms with van der Waals surface area (Å²) in [7, 11) is 0. The van der Waals surface area contributed by atoms with Gasteiger partial charge in [0.15, 0.2) is 0 Å². The van der Waals surface area contributed by atoms with Gasteiger partial charge in [0.2, 0.25) is 0 Å². The lowest BCUT2D eigenvalue weighted by atomic mass is 9.77. The van der Waals surface area contributed by atoms with Crippen LogP contribution in [-0.2, 0) is 0 Å². The van der Waals surface area contributed by atoms with Crippen molar-refractivity contribution in [3.63, 3.8) is 0 Å². The highest BCUT2D eigenvalue weighted by molar-refractivity contribution is 5.67. The first-order valence-corrected chi connectivity index (χ1v) is 9.62. The molecule has 0 spiro atoms. The molecule has 1 N–H and O–H groups in total. The first kappa shape index (κ1) is 17.6. The number of ether oxygens (including phenoxy) is 1. The van der Waals surface area contributed by atoms with E-state index in [2.05, 4.69) is 36.5 Å². The van der Waals surface area contributed by atoms with Crippen molar-refractivity contribution in [2.24, 2.45) is 5.92 Å². The smallest absolute Gasteiger partial charge is 0.269 e. The monoisotopic (exact) mass is 364 g/mol. The van der Waals surface area contributed by atoms with Crippen LogP contribution in [0, 0.1) is 16.0 Å². The van der Waals surface area contributed by atoms with Gasteiger partial charge in [-0.15, -0.1) is 0 Å². The highest BCUT2D eigenvalue weighted by Crippen LogP contribution is 2.52. The number of unbranched alkanes of at least 4 members (excludes halogenated alkanes) is 1. The second-order valence-electron chi connectivity index (χ2n) is 7.25. The Balaban J connectivity index is 1.68. The van der Waals surface area contributed by atoms with Gasteiger partial charge in [0.25, 0.3) is 5.69 Å². The summed E-state index contributed by atoms with van der Waals surface area (Å²) in [6.45, 7) is 2.86. The summed E-state index contributed by atoms with van der Waals surface area (Å²) in [4.78, 5) is 10.6. The van der Waals surface area contributed by atoms with E-state index < -0.39 is 0 Å². The van der Waals surface area contributed by atoms with Crippen LogP contribution in [-0.4, -0.2) is 11.5 Å². The van der Waals surface area contributed by atoms with E-state index >= 15 is 0 Å². The predicted octanol–water partition coefficient (Wildman–Crippen LogP) is 5.60. The maximum Gasteiger partial charge on any atom is 0.269 e. The average molecular weight is 364 g/mol. The molecule has 4 rings (SSSR count). The van der Waals surface area contributed by atoms with E-state index in [-0.39, 0.29) is 16.7 Å². The lowest BCUT2D eigenvalue weighted by Crippen LogP contribution is -2.29. The Labute approximate surface area is 159 Å². The van der Waals surface area contributed by atoms with Crippen LogP contribution in [0.25, 0.3) is 0 Å². The summed E-state index contributed by atoms with van der Waals surface area (Å²) >= 11 is 0. The molecular formula is C22H24N2O3. The molecule has 3 unspecified atom stereocenters. The van der Waals surface area contributed by atoms with E-state index in [1.807, 2.05) is 18.2 Å². The molecule has 1 heterocycles. The van der Waals surface area contributed by atoms with E-state index in [0.29, 0.717) is 18.4 Å². The summed E-state index contributed by atoms with van der Waals surface area (Å²) in [5.74, 6) is 1.65. The SMILES string of the molecule is CCCCOc1cccc2c1NC(c1ccc([N+](=O)[O-])cc1)C1CC=CC21. The number of non-ortho nitro benzene ring substituents is 1. The molecule has 0 amide bonds. The molecule has 5 nitrogen and oxygen atoms in total. The van der Waals surface area contributed by atoms with Gasteiger partial charge in [0.05, 0.1) is 23.3 Å². The summed E-state index contributed by atoms with van der Waals surface area (Å²) in [5.41, 5.74) is 3.54. The topological polar surface area (TPSA) is 64.4 Å². The number of fused-ring (bicyclic) bond motifs is 3. The second kappa shape index (κ2) is 7.43. The van der Waals surface area contributed by atoms with E-state index in [4.69, 9.17) is 4.74 Å². The van der Waals surface area contributed by atoms with Gasteiger partial charge in [0.1, 0.15) is 5.75 Å². The van der Waals surface area contributed by atoms with Crippen LogP contribution in [0.2, 0.25) is 0 Å². The second-order valence-corrected chi connectivity index (χ2v) is 7.25. The number of rotatable bonds is 6. The van der Waals surface area contributed by atoms with Crippen molar-refractivity contribution in [3.8, 4) is 5.75 Å². The molecule has 0 aromatic heterocycles. The molecule has 0 radical (unpaired) electrons. The van der Waals surface area contributed by atoms with Crippen LogP contribution in [0.5, 0.6) is 5.75 Å². The molecular weight excluding hydrogens is 340 g/mol. The third kappa shape index (κ3) is 3.29. The van der Waals surface area contributed by atoms with Crippen molar-refractivity contribution in [3.05, 3.63) is 75.9 Å². The van der Waals surface area contributed by atoms with Crippen LogP contribution in [0.1, 0.15) is 49.3 Å². The Morgan fingerprint density at radius 1 is 1.22 bits per heavy atom. The number of hydrogen-bond acceptors (Lipinski definition) is 4. The zero-order valence-electron chi connectivity index (χ0n) is 15.4. The van der Waals surface area contributed by atoms with Crippen molar-refractivity contribution >= 4 is 11.4 Å². The number of nitro benzene ring substituents is 1. The Bertz CT molecular complexity index is 860. The molecule has 0 bridgehead atoms. The first-order chi connectivity index (χ1) is 13.2. The number of allylic oxidation sites excluding steroid dienone is 2. The molecule has 0 saturated heterocycles. The fourth-order valence-corrected chi connectivity index (χ4v) is 4.17. The van der Waals surface area contributed by atoms with E-state index in [1.54, 1.807) is 12.1 Å². The summed E-state index contributed by atoms with van der Waals surface area (Å²) < 4.78 is 6.05. The molecule has 140 valence electrons. The minimum absolute atomic E-state index is 0.106. The molecule has 0 saturated carbocycles. The van der Waals surface area contributed by atoms with Gasteiger partial charge in [-0.25, -0.2) is 0 Å². The molecule has 2 aromatic carbocycles. The standard InChI is InChI=1S/C22H24N2O3/c1-2-3-14-27-20-9-5-8-19-17-6-4-7-18(17)21(23-22(19)20)15-10-12-16(13-11-15)24(25)26/h4-6,8-13,17-18,21,23H,2-3,7,14H2,1H3. The van der Waals surface area contributed by atoms with Crippen LogP contribution in [0.3, 0.4) is 0 Å². The quantitative estimate of drug-likeness (QED) is 0.314. The summed E-state index contributed by atoms with van der Waals surface area (Å²) in [6.07, 6.45) is 7.66. The van der Waals surface area contributed by atoms with Crippen LogP contribution in [0.15, 0.2) is 54.6 Å². The van der Waals surface area contributed by atoms with Crippen molar-refractivity contribution in [1.29, 1.82) is 0 Å². The number of anilines is 1. The fourth-order valence-electron chi connectivity index (χ4n) is 4.17. The van der Waals surface area contributed by atoms with Crippen molar-refractivity contribution in [2.75, 3.05) is 11.9 Å². The third-order valence-corrected chi connectivity index (χ3v) is 5.58. The average Bonchev–Trinajstić information content (AvgIpc) is 3.18. The Morgan fingerprint density at radius 3 is 2.78 bits per heavy atom. The van der Waals surface area contributed by atoms with Crippen LogP contribution >= 0.6 is 0 Å². The Hall–Kier alpha value is -2.82. The number of para-hydroxylation sites is 1. The zero-order chi connectivity index (χ0) is 18.8. The maximum absolute atomic E-state index is 11.0. The first-order valence-electron chi connectivity index (χ1n) is 9.62. The third-order valence-electron chi connectivity index (χ3n) is 5.58. The summed E-state index contributed by atoms with van der Waals surface area (Å²) in [5, 5.41) is 14.7. The van der Waals surface area contributed by atoms with Gasteiger partial charge in [-0.1, -0.05) is 49.8 Å². The number of hydrogen-bond donors (Lipinski definition) is 1. The zero-order valence-corrected chi connectivity index (χ0v) is 15.4. The summed E-state index contributed by atoms with van der Waals surface area (Å²) in [6, 6.07) is 13.3. The lowest BCUT2D eigenvalue weighted by molar-refractivity contribution is -0.384. The van der Waals surface area contributed by atoms with Crippen molar-refractivity contribution < 1.29 is 9.66 Å².